The smallest absolute Gasteiger partial charge is 0.125 e. The van der Waals surface area contributed by atoms with Crippen LogP contribution in [0.3, 0.4) is 0 Å². The van der Waals surface area contributed by atoms with Crippen LogP contribution in [0.15, 0.2) is 22.7 Å². The first-order valence-electron chi connectivity index (χ1n) is 5.62. The second kappa shape index (κ2) is 4.53. The average Bonchev–Trinajstić information content (AvgIpc) is 2.58. The highest BCUT2D eigenvalue weighted by molar-refractivity contribution is 9.10. The van der Waals surface area contributed by atoms with Gasteiger partial charge in [-0.25, -0.2) is 0 Å². The Kier molecular flexibility index (Phi) is 3.24. The highest BCUT2D eigenvalue weighted by atomic mass is 79.9. The van der Waals surface area contributed by atoms with Crippen LogP contribution in [-0.4, -0.2) is 9.78 Å². The highest BCUT2D eigenvalue weighted by Gasteiger charge is 2.15. The molecule has 0 atom stereocenters. The maximum atomic E-state index is 6.03. The Bertz CT molecular complexity index is 558. The standard InChI is InChI=1S/C13H16BrN3/c1-4-10-12(16-17(3)13(10)15)11-7-9(14)6-5-8(11)2/h5-7H,4,15H2,1-3H3. The molecule has 0 aliphatic rings. The van der Waals surface area contributed by atoms with Gasteiger partial charge in [-0.3, -0.25) is 4.68 Å². The molecule has 90 valence electrons. The van der Waals surface area contributed by atoms with Crippen LogP contribution >= 0.6 is 15.9 Å². The number of halogens is 1. The Hall–Kier alpha value is -1.29. The molecule has 2 rings (SSSR count). The van der Waals surface area contributed by atoms with E-state index in [0.29, 0.717) is 0 Å². The van der Waals surface area contributed by atoms with Crippen LogP contribution < -0.4 is 5.73 Å². The summed E-state index contributed by atoms with van der Waals surface area (Å²) in [5.41, 5.74) is 10.5. The quantitative estimate of drug-likeness (QED) is 0.923. The summed E-state index contributed by atoms with van der Waals surface area (Å²) in [6.45, 7) is 4.19. The fourth-order valence-electron chi connectivity index (χ4n) is 2.00. The van der Waals surface area contributed by atoms with Crippen molar-refractivity contribution in [1.29, 1.82) is 0 Å². The molecule has 0 spiro atoms. The molecule has 0 bridgehead atoms. The summed E-state index contributed by atoms with van der Waals surface area (Å²) in [7, 11) is 1.88. The summed E-state index contributed by atoms with van der Waals surface area (Å²) in [5.74, 6) is 0.752. The first-order chi connectivity index (χ1) is 8.04. The van der Waals surface area contributed by atoms with E-state index in [9.17, 15) is 0 Å². The van der Waals surface area contributed by atoms with Gasteiger partial charge in [0.15, 0.2) is 0 Å². The maximum Gasteiger partial charge on any atom is 0.125 e. The van der Waals surface area contributed by atoms with E-state index in [1.807, 2.05) is 13.1 Å². The summed E-state index contributed by atoms with van der Waals surface area (Å²) < 4.78 is 2.80. The van der Waals surface area contributed by atoms with E-state index in [0.717, 1.165) is 33.5 Å². The van der Waals surface area contributed by atoms with Crippen LogP contribution in [0.5, 0.6) is 0 Å². The van der Waals surface area contributed by atoms with Crippen molar-refractivity contribution < 1.29 is 0 Å². The van der Waals surface area contributed by atoms with E-state index in [1.165, 1.54) is 5.56 Å². The molecule has 0 amide bonds. The molecule has 0 fully saturated rings. The van der Waals surface area contributed by atoms with E-state index in [4.69, 9.17) is 5.73 Å². The van der Waals surface area contributed by atoms with Crippen LogP contribution in [0.2, 0.25) is 0 Å². The molecule has 0 aliphatic heterocycles. The van der Waals surface area contributed by atoms with Gasteiger partial charge in [0.05, 0.1) is 5.69 Å². The summed E-state index contributed by atoms with van der Waals surface area (Å²) in [6.07, 6.45) is 0.890. The third-order valence-corrected chi connectivity index (χ3v) is 3.50. The highest BCUT2D eigenvalue weighted by Crippen LogP contribution is 2.31. The minimum absolute atomic E-state index is 0.752. The van der Waals surface area contributed by atoms with Crippen molar-refractivity contribution in [2.45, 2.75) is 20.3 Å². The van der Waals surface area contributed by atoms with E-state index in [2.05, 4.69) is 47.0 Å². The Morgan fingerprint density at radius 1 is 1.41 bits per heavy atom. The molecule has 4 heteroatoms. The normalized spacial score (nSPS) is 10.8. The lowest BCUT2D eigenvalue weighted by atomic mass is 10.0. The van der Waals surface area contributed by atoms with E-state index < -0.39 is 0 Å². The second-order valence-electron chi connectivity index (χ2n) is 4.15. The first kappa shape index (κ1) is 12.2. The Balaban J connectivity index is 2.68. The average molecular weight is 294 g/mol. The minimum atomic E-state index is 0.752. The number of aromatic nitrogens is 2. The Labute approximate surface area is 110 Å². The number of aryl methyl sites for hydroxylation is 2. The molecule has 0 saturated carbocycles. The van der Waals surface area contributed by atoms with Gasteiger partial charge in [-0.15, -0.1) is 0 Å². The monoisotopic (exact) mass is 293 g/mol. The molecule has 17 heavy (non-hydrogen) atoms. The lowest BCUT2D eigenvalue weighted by Crippen LogP contribution is -1.98. The number of rotatable bonds is 2. The van der Waals surface area contributed by atoms with Crippen LogP contribution in [-0.2, 0) is 13.5 Å². The number of nitrogen functional groups attached to an aromatic ring is 1. The number of hydrogen-bond donors (Lipinski definition) is 1. The van der Waals surface area contributed by atoms with Gasteiger partial charge in [-0.05, 0) is 31.0 Å². The fourth-order valence-corrected chi connectivity index (χ4v) is 2.36. The molecule has 0 saturated heterocycles. The van der Waals surface area contributed by atoms with Gasteiger partial charge in [-0.2, -0.15) is 5.10 Å². The van der Waals surface area contributed by atoms with Gasteiger partial charge in [0.25, 0.3) is 0 Å². The SMILES string of the molecule is CCc1c(-c2cc(Br)ccc2C)nn(C)c1N. The van der Waals surface area contributed by atoms with Crippen LogP contribution in [0, 0.1) is 6.92 Å². The molecular formula is C13H16BrN3. The van der Waals surface area contributed by atoms with Crippen molar-refractivity contribution in [2.24, 2.45) is 7.05 Å². The van der Waals surface area contributed by atoms with Crippen LogP contribution in [0.1, 0.15) is 18.1 Å². The number of nitrogens with zero attached hydrogens (tertiary/aromatic N) is 2. The zero-order valence-corrected chi connectivity index (χ0v) is 11.9. The van der Waals surface area contributed by atoms with Crippen LogP contribution in [0.25, 0.3) is 11.3 Å². The molecule has 2 N–H and O–H groups in total. The lowest BCUT2D eigenvalue weighted by molar-refractivity contribution is 0.781. The van der Waals surface area contributed by atoms with Crippen molar-refractivity contribution >= 4 is 21.7 Å². The summed E-state index contributed by atoms with van der Waals surface area (Å²) in [6, 6.07) is 6.22. The zero-order valence-electron chi connectivity index (χ0n) is 10.3. The van der Waals surface area contributed by atoms with Gasteiger partial charge in [0.2, 0.25) is 0 Å². The number of nitrogens with two attached hydrogens (primary N) is 1. The number of benzene rings is 1. The predicted molar refractivity (Wildman–Crippen MR) is 74.9 cm³/mol. The maximum absolute atomic E-state index is 6.03. The van der Waals surface area contributed by atoms with Crippen molar-refractivity contribution in [3.63, 3.8) is 0 Å². The summed E-state index contributed by atoms with van der Waals surface area (Å²) >= 11 is 3.50. The largest absolute Gasteiger partial charge is 0.384 e. The van der Waals surface area contributed by atoms with Crippen LogP contribution in [0.4, 0.5) is 5.82 Å². The number of anilines is 1. The summed E-state index contributed by atoms with van der Waals surface area (Å²) in [5, 5.41) is 4.52. The van der Waals surface area contributed by atoms with E-state index in [1.54, 1.807) is 4.68 Å². The lowest BCUT2D eigenvalue weighted by Gasteiger charge is -2.05. The molecular weight excluding hydrogens is 278 g/mol. The molecule has 0 unspecified atom stereocenters. The minimum Gasteiger partial charge on any atom is -0.384 e. The molecule has 2 aromatic rings. The fraction of sp³-hybridized carbons (Fsp3) is 0.308. The zero-order chi connectivity index (χ0) is 12.6. The van der Waals surface area contributed by atoms with Gasteiger partial charge < -0.3 is 5.73 Å². The van der Waals surface area contributed by atoms with Gasteiger partial charge in [0.1, 0.15) is 5.82 Å². The van der Waals surface area contributed by atoms with Crippen molar-refractivity contribution in [1.82, 2.24) is 9.78 Å². The van der Waals surface area contributed by atoms with Gasteiger partial charge in [0, 0.05) is 22.6 Å². The Morgan fingerprint density at radius 3 is 2.76 bits per heavy atom. The molecule has 1 aromatic heterocycles. The molecule has 3 nitrogen and oxygen atoms in total. The third kappa shape index (κ3) is 2.09. The second-order valence-corrected chi connectivity index (χ2v) is 5.06. The van der Waals surface area contributed by atoms with E-state index >= 15 is 0 Å². The topological polar surface area (TPSA) is 43.8 Å². The van der Waals surface area contributed by atoms with Crippen molar-refractivity contribution in [3.05, 3.63) is 33.8 Å². The predicted octanol–water partition coefficient (Wildman–Crippen LogP) is 3.30. The van der Waals surface area contributed by atoms with Gasteiger partial charge in [-0.1, -0.05) is 28.9 Å². The summed E-state index contributed by atoms with van der Waals surface area (Å²) in [4.78, 5) is 0. The molecule has 1 aromatic carbocycles. The Morgan fingerprint density at radius 2 is 2.12 bits per heavy atom. The number of hydrogen-bond acceptors (Lipinski definition) is 2. The van der Waals surface area contributed by atoms with Crippen molar-refractivity contribution in [2.75, 3.05) is 5.73 Å². The molecule has 0 radical (unpaired) electrons. The molecule has 0 aliphatic carbocycles. The van der Waals surface area contributed by atoms with Gasteiger partial charge >= 0.3 is 0 Å². The third-order valence-electron chi connectivity index (χ3n) is 3.00. The molecule has 1 heterocycles. The van der Waals surface area contributed by atoms with Crippen molar-refractivity contribution in [3.8, 4) is 11.3 Å². The first-order valence-corrected chi connectivity index (χ1v) is 6.41. The van der Waals surface area contributed by atoms with E-state index in [-0.39, 0.29) is 0 Å².